The van der Waals surface area contributed by atoms with Gasteiger partial charge in [0.1, 0.15) is 5.82 Å². The van der Waals surface area contributed by atoms with E-state index >= 15 is 0 Å². The van der Waals surface area contributed by atoms with E-state index in [9.17, 15) is 9.18 Å². The number of anilines is 1. The Labute approximate surface area is 117 Å². The number of carbonyl (C=O) groups excluding carboxylic acids is 1. The molecule has 0 fully saturated rings. The number of ether oxygens (including phenoxy) is 1. The van der Waals surface area contributed by atoms with E-state index < -0.39 is 11.8 Å². The van der Waals surface area contributed by atoms with Crippen LogP contribution < -0.4 is 5.32 Å². The Hall–Kier alpha value is -2.36. The van der Waals surface area contributed by atoms with Gasteiger partial charge in [-0.1, -0.05) is 18.2 Å². The summed E-state index contributed by atoms with van der Waals surface area (Å²) in [6.07, 6.45) is 0. The summed E-state index contributed by atoms with van der Waals surface area (Å²) in [5.41, 5.74) is 2.84. The summed E-state index contributed by atoms with van der Waals surface area (Å²) in [5.74, 6) is -1.24. The summed E-state index contributed by atoms with van der Waals surface area (Å²) in [6, 6.07) is 12.4. The molecule has 0 atom stereocenters. The van der Waals surface area contributed by atoms with Crippen molar-refractivity contribution in [3.63, 3.8) is 0 Å². The van der Waals surface area contributed by atoms with E-state index in [0.29, 0.717) is 6.54 Å². The van der Waals surface area contributed by atoms with Crippen LogP contribution in [0.15, 0.2) is 42.5 Å². The zero-order chi connectivity index (χ0) is 14.5. The van der Waals surface area contributed by atoms with E-state index in [1.807, 2.05) is 31.2 Å². The van der Waals surface area contributed by atoms with Crippen LogP contribution in [-0.2, 0) is 11.3 Å². The lowest BCUT2D eigenvalue weighted by Gasteiger charge is -2.08. The fourth-order valence-electron chi connectivity index (χ4n) is 1.90. The zero-order valence-electron chi connectivity index (χ0n) is 11.4. The number of esters is 1. The average molecular weight is 273 g/mol. The molecular weight excluding hydrogens is 257 g/mol. The lowest BCUT2D eigenvalue weighted by atomic mass is 10.1. The van der Waals surface area contributed by atoms with E-state index in [1.54, 1.807) is 6.07 Å². The number of nitrogens with one attached hydrogen (secondary N) is 1. The van der Waals surface area contributed by atoms with Crippen molar-refractivity contribution in [1.82, 2.24) is 0 Å². The van der Waals surface area contributed by atoms with Gasteiger partial charge in [-0.2, -0.15) is 0 Å². The molecule has 0 saturated heterocycles. The van der Waals surface area contributed by atoms with Crippen molar-refractivity contribution in [2.45, 2.75) is 13.5 Å². The van der Waals surface area contributed by atoms with Crippen LogP contribution in [0.5, 0.6) is 0 Å². The third-order valence-electron chi connectivity index (χ3n) is 2.95. The van der Waals surface area contributed by atoms with Gasteiger partial charge in [0.2, 0.25) is 0 Å². The Bertz CT molecular complexity index is 626. The maximum absolute atomic E-state index is 13.7. The molecule has 0 spiro atoms. The number of methoxy groups -OCH3 is 1. The standard InChI is InChI=1S/C16H16FNO2/c1-11-4-3-5-13(8-11)18-10-12-6-7-14(15(17)9-12)16(19)20-2/h3-9,18H,10H2,1-2H3. The summed E-state index contributed by atoms with van der Waals surface area (Å²) in [4.78, 5) is 11.3. The fraction of sp³-hybridized carbons (Fsp3) is 0.188. The van der Waals surface area contributed by atoms with Crippen LogP contribution in [0, 0.1) is 12.7 Å². The highest BCUT2D eigenvalue weighted by Gasteiger charge is 2.12. The molecular formula is C16H16FNO2. The minimum absolute atomic E-state index is 0.0493. The summed E-state index contributed by atoms with van der Waals surface area (Å²) in [6.45, 7) is 2.50. The lowest BCUT2D eigenvalue weighted by molar-refractivity contribution is 0.0595. The van der Waals surface area contributed by atoms with Crippen molar-refractivity contribution in [3.05, 3.63) is 65.0 Å². The van der Waals surface area contributed by atoms with E-state index in [0.717, 1.165) is 16.8 Å². The van der Waals surface area contributed by atoms with Crippen molar-refractivity contribution < 1.29 is 13.9 Å². The monoisotopic (exact) mass is 273 g/mol. The van der Waals surface area contributed by atoms with Crippen molar-refractivity contribution in [3.8, 4) is 0 Å². The lowest BCUT2D eigenvalue weighted by Crippen LogP contribution is -2.06. The van der Waals surface area contributed by atoms with Gasteiger partial charge in [0.25, 0.3) is 0 Å². The van der Waals surface area contributed by atoms with Crippen molar-refractivity contribution >= 4 is 11.7 Å². The van der Waals surface area contributed by atoms with Crippen LogP contribution >= 0.6 is 0 Å². The van der Waals surface area contributed by atoms with Gasteiger partial charge < -0.3 is 10.1 Å². The van der Waals surface area contributed by atoms with Gasteiger partial charge in [-0.25, -0.2) is 9.18 Å². The van der Waals surface area contributed by atoms with Crippen molar-refractivity contribution in [2.75, 3.05) is 12.4 Å². The molecule has 3 nitrogen and oxygen atoms in total. The van der Waals surface area contributed by atoms with E-state index in [-0.39, 0.29) is 5.56 Å². The van der Waals surface area contributed by atoms with E-state index in [1.165, 1.54) is 19.2 Å². The van der Waals surface area contributed by atoms with E-state index in [4.69, 9.17) is 0 Å². The zero-order valence-corrected chi connectivity index (χ0v) is 11.4. The first kappa shape index (κ1) is 14.1. The van der Waals surface area contributed by atoms with Gasteiger partial charge in [-0.05, 0) is 42.3 Å². The highest BCUT2D eigenvalue weighted by molar-refractivity contribution is 5.89. The Balaban J connectivity index is 2.07. The Kier molecular flexibility index (Phi) is 4.35. The predicted molar refractivity (Wildman–Crippen MR) is 76.2 cm³/mol. The van der Waals surface area contributed by atoms with Crippen LogP contribution in [0.4, 0.5) is 10.1 Å². The van der Waals surface area contributed by atoms with Gasteiger partial charge in [0, 0.05) is 12.2 Å². The maximum Gasteiger partial charge on any atom is 0.340 e. The molecule has 2 aromatic carbocycles. The molecule has 0 saturated carbocycles. The number of rotatable bonds is 4. The minimum atomic E-state index is -0.666. The molecule has 0 aliphatic carbocycles. The normalized spacial score (nSPS) is 10.2. The quantitative estimate of drug-likeness (QED) is 0.866. The highest BCUT2D eigenvalue weighted by atomic mass is 19.1. The van der Waals surface area contributed by atoms with Gasteiger partial charge in [0.15, 0.2) is 0 Å². The average Bonchev–Trinajstić information content (AvgIpc) is 2.44. The largest absolute Gasteiger partial charge is 0.465 e. The van der Waals surface area contributed by atoms with Gasteiger partial charge >= 0.3 is 5.97 Å². The summed E-state index contributed by atoms with van der Waals surface area (Å²) >= 11 is 0. The Morgan fingerprint density at radius 3 is 2.70 bits per heavy atom. The second-order valence-electron chi connectivity index (χ2n) is 4.53. The third kappa shape index (κ3) is 3.35. The minimum Gasteiger partial charge on any atom is -0.465 e. The molecule has 104 valence electrons. The second-order valence-corrected chi connectivity index (χ2v) is 4.53. The van der Waals surface area contributed by atoms with Crippen molar-refractivity contribution in [1.29, 1.82) is 0 Å². The summed E-state index contributed by atoms with van der Waals surface area (Å²) < 4.78 is 18.3. The molecule has 0 radical (unpaired) electrons. The molecule has 0 aliphatic heterocycles. The van der Waals surface area contributed by atoms with Crippen LogP contribution in [0.2, 0.25) is 0 Å². The van der Waals surface area contributed by atoms with E-state index in [2.05, 4.69) is 10.1 Å². The SMILES string of the molecule is COC(=O)c1ccc(CNc2cccc(C)c2)cc1F. The predicted octanol–water partition coefficient (Wildman–Crippen LogP) is 3.53. The first-order valence-electron chi connectivity index (χ1n) is 6.27. The van der Waals surface area contributed by atoms with Gasteiger partial charge in [0.05, 0.1) is 12.7 Å². The second kappa shape index (κ2) is 6.19. The highest BCUT2D eigenvalue weighted by Crippen LogP contribution is 2.14. The number of benzene rings is 2. The number of halogens is 1. The third-order valence-corrected chi connectivity index (χ3v) is 2.95. The topological polar surface area (TPSA) is 38.3 Å². The van der Waals surface area contributed by atoms with Crippen LogP contribution in [0.3, 0.4) is 0 Å². The van der Waals surface area contributed by atoms with Crippen LogP contribution in [0.1, 0.15) is 21.5 Å². The molecule has 4 heteroatoms. The number of hydrogen-bond donors (Lipinski definition) is 1. The first-order chi connectivity index (χ1) is 9.60. The Morgan fingerprint density at radius 2 is 2.05 bits per heavy atom. The molecule has 0 amide bonds. The van der Waals surface area contributed by atoms with Gasteiger partial charge in [-0.3, -0.25) is 0 Å². The first-order valence-corrected chi connectivity index (χ1v) is 6.27. The summed E-state index contributed by atoms with van der Waals surface area (Å²) in [5, 5.41) is 3.21. The molecule has 1 N–H and O–H groups in total. The number of hydrogen-bond acceptors (Lipinski definition) is 3. The van der Waals surface area contributed by atoms with Crippen LogP contribution in [0.25, 0.3) is 0 Å². The molecule has 2 rings (SSSR count). The molecule has 0 heterocycles. The summed E-state index contributed by atoms with van der Waals surface area (Å²) in [7, 11) is 1.23. The molecule has 0 aliphatic rings. The van der Waals surface area contributed by atoms with Crippen molar-refractivity contribution in [2.24, 2.45) is 0 Å². The molecule has 0 bridgehead atoms. The number of aryl methyl sites for hydroxylation is 1. The Morgan fingerprint density at radius 1 is 1.25 bits per heavy atom. The molecule has 2 aromatic rings. The fourth-order valence-corrected chi connectivity index (χ4v) is 1.90. The maximum atomic E-state index is 13.7. The molecule has 0 aromatic heterocycles. The van der Waals surface area contributed by atoms with Crippen LogP contribution in [-0.4, -0.2) is 13.1 Å². The smallest absolute Gasteiger partial charge is 0.340 e. The molecule has 20 heavy (non-hydrogen) atoms. The number of carbonyl (C=O) groups is 1. The van der Waals surface area contributed by atoms with Gasteiger partial charge in [-0.15, -0.1) is 0 Å². The molecule has 0 unspecified atom stereocenters.